The number of carbonyl (C=O) groups is 2. The number of nitrogens with one attached hydrogen (secondary N) is 1. The lowest BCUT2D eigenvalue weighted by Crippen LogP contribution is -2.34. The van der Waals surface area contributed by atoms with Gasteiger partial charge in [0.05, 0.1) is 12.2 Å². The van der Waals surface area contributed by atoms with Crippen molar-refractivity contribution in [2.75, 3.05) is 31.7 Å². The normalized spacial score (nSPS) is 13.9. The van der Waals surface area contributed by atoms with Crippen LogP contribution in [0.2, 0.25) is 0 Å². The highest BCUT2D eigenvalue weighted by atomic mass is 16.5. The molecule has 1 aliphatic heterocycles. The molecule has 0 aliphatic carbocycles. The zero-order valence-corrected chi connectivity index (χ0v) is 18.7. The summed E-state index contributed by atoms with van der Waals surface area (Å²) in [6.07, 6.45) is 0.599. The molecule has 0 radical (unpaired) electrons. The zero-order chi connectivity index (χ0) is 22.4. The van der Waals surface area contributed by atoms with Crippen LogP contribution in [0.5, 0.6) is 5.75 Å². The molecule has 6 nitrogen and oxygen atoms in total. The first-order valence-electron chi connectivity index (χ1n) is 10.7. The Balaban J connectivity index is 1.94. The third kappa shape index (κ3) is 5.14. The average Bonchev–Trinajstić information content (AvgIpc) is 2.97. The minimum absolute atomic E-state index is 0.276. The highest BCUT2D eigenvalue weighted by molar-refractivity contribution is 6.36. The van der Waals surface area contributed by atoms with Crippen molar-refractivity contribution in [1.82, 2.24) is 4.90 Å². The Labute approximate surface area is 183 Å². The third-order valence-electron chi connectivity index (χ3n) is 5.13. The van der Waals surface area contributed by atoms with E-state index < -0.39 is 0 Å². The zero-order valence-electron chi connectivity index (χ0n) is 18.7. The predicted octanol–water partition coefficient (Wildman–Crippen LogP) is 4.32. The molecule has 31 heavy (non-hydrogen) atoms. The van der Waals surface area contributed by atoms with Crippen molar-refractivity contribution in [3.05, 3.63) is 64.9 Å². The van der Waals surface area contributed by atoms with Gasteiger partial charge in [0.15, 0.2) is 0 Å². The number of nitrogens with zero attached hydrogens (tertiary/aromatic N) is 1. The molecule has 2 amide bonds. The van der Waals surface area contributed by atoms with Crippen LogP contribution in [-0.2, 0) is 14.3 Å². The van der Waals surface area contributed by atoms with Gasteiger partial charge in [0.1, 0.15) is 11.4 Å². The number of benzene rings is 2. The van der Waals surface area contributed by atoms with Crippen molar-refractivity contribution < 1.29 is 19.1 Å². The quantitative estimate of drug-likeness (QED) is 0.456. The fraction of sp³-hybridized carbons (Fsp3) is 0.360. The Morgan fingerprint density at radius 1 is 0.935 bits per heavy atom. The van der Waals surface area contributed by atoms with Crippen LogP contribution in [0.1, 0.15) is 37.0 Å². The van der Waals surface area contributed by atoms with E-state index in [0.717, 1.165) is 28.1 Å². The Morgan fingerprint density at radius 3 is 2.32 bits per heavy atom. The Bertz CT molecular complexity index is 980. The van der Waals surface area contributed by atoms with E-state index >= 15 is 0 Å². The monoisotopic (exact) mass is 422 g/mol. The van der Waals surface area contributed by atoms with E-state index in [0.29, 0.717) is 44.1 Å². The molecule has 0 aromatic heterocycles. The molecule has 0 saturated carbocycles. The molecule has 6 heteroatoms. The van der Waals surface area contributed by atoms with Crippen molar-refractivity contribution in [1.29, 1.82) is 0 Å². The maximum Gasteiger partial charge on any atom is 0.278 e. The van der Waals surface area contributed by atoms with Crippen molar-refractivity contribution in [3.63, 3.8) is 0 Å². The lowest BCUT2D eigenvalue weighted by molar-refractivity contribution is -0.137. The van der Waals surface area contributed by atoms with Crippen LogP contribution in [0, 0.1) is 13.8 Å². The van der Waals surface area contributed by atoms with E-state index in [1.807, 2.05) is 70.2 Å². The SMILES string of the molecule is CCOCCCN1C(=O)C(Nc2ccc(OCC)cc2)=C(c2ccc(C)cc2C)C1=O. The molecule has 0 saturated heterocycles. The summed E-state index contributed by atoms with van der Waals surface area (Å²) in [4.78, 5) is 27.8. The number of rotatable bonds is 10. The van der Waals surface area contributed by atoms with E-state index in [4.69, 9.17) is 9.47 Å². The van der Waals surface area contributed by atoms with Gasteiger partial charge in [-0.25, -0.2) is 0 Å². The molecule has 2 aromatic rings. The van der Waals surface area contributed by atoms with Crippen LogP contribution in [0.25, 0.3) is 5.57 Å². The number of aryl methyl sites for hydroxylation is 2. The Morgan fingerprint density at radius 2 is 1.68 bits per heavy atom. The maximum atomic E-state index is 13.3. The summed E-state index contributed by atoms with van der Waals surface area (Å²) in [6, 6.07) is 13.2. The summed E-state index contributed by atoms with van der Waals surface area (Å²) in [6.45, 7) is 9.83. The number of anilines is 1. The van der Waals surface area contributed by atoms with Crippen molar-refractivity contribution in [2.24, 2.45) is 0 Å². The molecule has 3 rings (SSSR count). The molecule has 0 spiro atoms. The van der Waals surface area contributed by atoms with Crippen molar-refractivity contribution >= 4 is 23.1 Å². The number of hydrogen-bond acceptors (Lipinski definition) is 5. The largest absolute Gasteiger partial charge is 0.494 e. The first-order chi connectivity index (χ1) is 15.0. The fourth-order valence-electron chi connectivity index (χ4n) is 3.65. The Hall–Kier alpha value is -3.12. The molecule has 164 valence electrons. The smallest absolute Gasteiger partial charge is 0.278 e. The second kappa shape index (κ2) is 10.3. The van der Waals surface area contributed by atoms with Gasteiger partial charge in [0.25, 0.3) is 11.8 Å². The van der Waals surface area contributed by atoms with E-state index in [1.165, 1.54) is 4.90 Å². The molecule has 1 aliphatic rings. The van der Waals surface area contributed by atoms with Crippen LogP contribution < -0.4 is 10.1 Å². The van der Waals surface area contributed by atoms with Gasteiger partial charge in [-0.1, -0.05) is 23.8 Å². The first kappa shape index (κ1) is 22.6. The topological polar surface area (TPSA) is 67.9 Å². The molecule has 0 unspecified atom stereocenters. The summed E-state index contributed by atoms with van der Waals surface area (Å²) in [7, 11) is 0. The summed E-state index contributed by atoms with van der Waals surface area (Å²) < 4.78 is 10.9. The standard InChI is InChI=1S/C25H30N2O4/c1-5-30-15-7-14-27-24(28)22(21-13-8-17(3)16-18(21)4)23(25(27)29)26-19-9-11-20(12-10-19)31-6-2/h8-13,16,26H,5-7,14-15H2,1-4H3. The molecular formula is C25H30N2O4. The van der Waals surface area contributed by atoms with Crippen molar-refractivity contribution in [3.8, 4) is 5.75 Å². The molecule has 0 bridgehead atoms. The maximum absolute atomic E-state index is 13.3. The number of carbonyl (C=O) groups excluding carboxylic acids is 2. The van der Waals surface area contributed by atoms with Gasteiger partial charge in [-0.15, -0.1) is 0 Å². The van der Waals surface area contributed by atoms with Crippen LogP contribution in [-0.4, -0.2) is 43.1 Å². The highest BCUT2D eigenvalue weighted by Crippen LogP contribution is 2.33. The van der Waals surface area contributed by atoms with Crippen LogP contribution in [0.3, 0.4) is 0 Å². The average molecular weight is 423 g/mol. The summed E-state index contributed by atoms with van der Waals surface area (Å²) >= 11 is 0. The molecule has 2 aromatic carbocycles. The van der Waals surface area contributed by atoms with Gasteiger partial charge in [-0.2, -0.15) is 0 Å². The minimum Gasteiger partial charge on any atom is -0.494 e. The van der Waals surface area contributed by atoms with Gasteiger partial charge in [-0.05, 0) is 69.5 Å². The first-order valence-corrected chi connectivity index (χ1v) is 10.7. The van der Waals surface area contributed by atoms with Gasteiger partial charge in [0.2, 0.25) is 0 Å². The number of ether oxygens (including phenoxy) is 2. The van der Waals surface area contributed by atoms with E-state index in [9.17, 15) is 9.59 Å². The molecule has 0 fully saturated rings. The molecule has 0 atom stereocenters. The summed E-state index contributed by atoms with van der Waals surface area (Å²) in [5, 5.41) is 3.19. The number of amides is 2. The summed E-state index contributed by atoms with van der Waals surface area (Å²) in [5.74, 6) is 0.162. The van der Waals surface area contributed by atoms with E-state index in [-0.39, 0.29) is 11.8 Å². The number of imide groups is 1. The molecular weight excluding hydrogens is 392 g/mol. The lowest BCUT2D eigenvalue weighted by atomic mass is 9.97. The molecule has 1 heterocycles. The van der Waals surface area contributed by atoms with Crippen LogP contribution >= 0.6 is 0 Å². The van der Waals surface area contributed by atoms with Gasteiger partial charge in [-0.3, -0.25) is 14.5 Å². The highest BCUT2D eigenvalue weighted by Gasteiger charge is 2.39. The minimum atomic E-state index is -0.314. The van der Waals surface area contributed by atoms with E-state index in [2.05, 4.69) is 5.32 Å². The van der Waals surface area contributed by atoms with Gasteiger partial charge in [0, 0.05) is 25.4 Å². The fourth-order valence-corrected chi connectivity index (χ4v) is 3.65. The van der Waals surface area contributed by atoms with Gasteiger partial charge >= 0.3 is 0 Å². The number of hydrogen-bond donors (Lipinski definition) is 1. The second-order valence-electron chi connectivity index (χ2n) is 7.46. The third-order valence-corrected chi connectivity index (χ3v) is 5.13. The molecule has 1 N–H and O–H groups in total. The van der Waals surface area contributed by atoms with Crippen LogP contribution in [0.15, 0.2) is 48.2 Å². The van der Waals surface area contributed by atoms with Crippen LogP contribution in [0.4, 0.5) is 5.69 Å². The predicted molar refractivity (Wildman–Crippen MR) is 122 cm³/mol. The van der Waals surface area contributed by atoms with Crippen molar-refractivity contribution in [2.45, 2.75) is 34.1 Å². The van der Waals surface area contributed by atoms with Gasteiger partial charge < -0.3 is 14.8 Å². The second-order valence-corrected chi connectivity index (χ2v) is 7.46. The summed E-state index contributed by atoms with van der Waals surface area (Å²) in [5.41, 5.74) is 4.26. The van der Waals surface area contributed by atoms with E-state index in [1.54, 1.807) is 0 Å². The Kier molecular flexibility index (Phi) is 7.47. The lowest BCUT2D eigenvalue weighted by Gasteiger charge is -2.15.